The lowest BCUT2D eigenvalue weighted by atomic mass is 9.96. The number of aryl methyl sites for hydroxylation is 1. The maximum Gasteiger partial charge on any atom is 0.119 e. The third-order valence-electron chi connectivity index (χ3n) is 3.30. The number of nitrogens with zero attached hydrogens (tertiary/aromatic N) is 2. The van der Waals surface area contributed by atoms with Gasteiger partial charge in [0.15, 0.2) is 0 Å². The molecule has 1 N–H and O–H groups in total. The van der Waals surface area contributed by atoms with Crippen molar-refractivity contribution in [2.75, 3.05) is 13.7 Å². The standard InChI is InChI=1S/C16H21N3O/c1-4-7-19-16(13-9-17-11-18-10-13)15-6-5-14(20-3)8-12(15)2/h5-6,8-11,16,19H,4,7H2,1-3H3. The fraction of sp³-hybridized carbons (Fsp3) is 0.375. The molecule has 0 aliphatic rings. The van der Waals surface area contributed by atoms with Gasteiger partial charge in [0.1, 0.15) is 12.1 Å². The van der Waals surface area contributed by atoms with E-state index in [1.165, 1.54) is 11.1 Å². The molecule has 1 unspecified atom stereocenters. The summed E-state index contributed by atoms with van der Waals surface area (Å²) in [5, 5.41) is 3.56. The molecule has 4 nitrogen and oxygen atoms in total. The van der Waals surface area contributed by atoms with Crippen molar-refractivity contribution >= 4 is 0 Å². The summed E-state index contributed by atoms with van der Waals surface area (Å²) in [6, 6.07) is 6.27. The highest BCUT2D eigenvalue weighted by molar-refractivity contribution is 5.40. The van der Waals surface area contributed by atoms with E-state index in [0.717, 1.165) is 24.3 Å². The highest BCUT2D eigenvalue weighted by Gasteiger charge is 2.16. The van der Waals surface area contributed by atoms with Gasteiger partial charge in [-0.3, -0.25) is 0 Å². The van der Waals surface area contributed by atoms with Gasteiger partial charge in [-0.1, -0.05) is 13.0 Å². The lowest BCUT2D eigenvalue weighted by Gasteiger charge is -2.21. The average Bonchev–Trinajstić information content (AvgIpc) is 2.50. The lowest BCUT2D eigenvalue weighted by molar-refractivity contribution is 0.414. The monoisotopic (exact) mass is 271 g/mol. The Morgan fingerprint density at radius 3 is 2.60 bits per heavy atom. The Balaban J connectivity index is 2.36. The van der Waals surface area contributed by atoms with Gasteiger partial charge in [-0.2, -0.15) is 0 Å². The molecular weight excluding hydrogens is 250 g/mol. The van der Waals surface area contributed by atoms with Crippen LogP contribution < -0.4 is 10.1 Å². The van der Waals surface area contributed by atoms with Gasteiger partial charge in [0.05, 0.1) is 13.2 Å². The number of nitrogens with one attached hydrogen (secondary N) is 1. The Labute approximate surface area is 120 Å². The van der Waals surface area contributed by atoms with Crippen molar-refractivity contribution in [1.82, 2.24) is 15.3 Å². The summed E-state index contributed by atoms with van der Waals surface area (Å²) in [6.07, 6.45) is 6.37. The number of benzene rings is 1. The number of ether oxygens (including phenoxy) is 1. The van der Waals surface area contributed by atoms with E-state index in [1.54, 1.807) is 13.4 Å². The number of hydrogen-bond acceptors (Lipinski definition) is 4. The Morgan fingerprint density at radius 1 is 1.25 bits per heavy atom. The van der Waals surface area contributed by atoms with Gasteiger partial charge in [0.25, 0.3) is 0 Å². The summed E-state index contributed by atoms with van der Waals surface area (Å²) in [4.78, 5) is 8.25. The molecule has 4 heteroatoms. The first-order valence-electron chi connectivity index (χ1n) is 6.89. The highest BCUT2D eigenvalue weighted by atomic mass is 16.5. The molecule has 0 amide bonds. The van der Waals surface area contributed by atoms with Crippen LogP contribution in [0.15, 0.2) is 36.9 Å². The Hall–Kier alpha value is -1.94. The summed E-state index contributed by atoms with van der Waals surface area (Å²) in [5.41, 5.74) is 3.50. The van der Waals surface area contributed by atoms with Gasteiger partial charge >= 0.3 is 0 Å². The van der Waals surface area contributed by atoms with E-state index >= 15 is 0 Å². The average molecular weight is 271 g/mol. The molecule has 1 aromatic carbocycles. The summed E-state index contributed by atoms with van der Waals surface area (Å²) in [6.45, 7) is 5.21. The lowest BCUT2D eigenvalue weighted by Crippen LogP contribution is -2.24. The van der Waals surface area contributed by atoms with Crippen LogP contribution in [-0.4, -0.2) is 23.6 Å². The van der Waals surface area contributed by atoms with Crippen LogP contribution >= 0.6 is 0 Å². The summed E-state index contributed by atoms with van der Waals surface area (Å²) in [5.74, 6) is 0.879. The zero-order chi connectivity index (χ0) is 14.4. The third kappa shape index (κ3) is 3.33. The van der Waals surface area contributed by atoms with Crippen molar-refractivity contribution in [3.8, 4) is 5.75 Å². The van der Waals surface area contributed by atoms with E-state index in [-0.39, 0.29) is 6.04 Å². The smallest absolute Gasteiger partial charge is 0.119 e. The van der Waals surface area contributed by atoms with E-state index in [4.69, 9.17) is 4.74 Å². The first-order valence-corrected chi connectivity index (χ1v) is 6.89. The van der Waals surface area contributed by atoms with Gasteiger partial charge in [0, 0.05) is 18.0 Å². The normalized spacial score (nSPS) is 12.2. The highest BCUT2D eigenvalue weighted by Crippen LogP contribution is 2.26. The van der Waals surface area contributed by atoms with E-state index in [2.05, 4.69) is 41.3 Å². The van der Waals surface area contributed by atoms with Gasteiger partial charge in [-0.25, -0.2) is 9.97 Å². The molecule has 1 aromatic heterocycles. The van der Waals surface area contributed by atoms with E-state index in [9.17, 15) is 0 Å². The van der Waals surface area contributed by atoms with Crippen LogP contribution in [0.1, 0.15) is 36.1 Å². The zero-order valence-corrected chi connectivity index (χ0v) is 12.3. The molecule has 0 aliphatic carbocycles. The minimum Gasteiger partial charge on any atom is -0.497 e. The molecular formula is C16H21N3O. The molecule has 0 bridgehead atoms. The van der Waals surface area contributed by atoms with Crippen molar-refractivity contribution in [2.45, 2.75) is 26.3 Å². The van der Waals surface area contributed by atoms with Crippen molar-refractivity contribution in [3.05, 3.63) is 53.6 Å². The van der Waals surface area contributed by atoms with Crippen molar-refractivity contribution in [3.63, 3.8) is 0 Å². The first kappa shape index (κ1) is 14.5. The van der Waals surface area contributed by atoms with Crippen LogP contribution in [-0.2, 0) is 0 Å². The second-order valence-corrected chi connectivity index (χ2v) is 4.78. The molecule has 0 spiro atoms. The molecule has 0 radical (unpaired) electrons. The fourth-order valence-corrected chi connectivity index (χ4v) is 2.25. The van der Waals surface area contributed by atoms with E-state index in [0.29, 0.717) is 0 Å². The van der Waals surface area contributed by atoms with Crippen molar-refractivity contribution in [1.29, 1.82) is 0 Å². The minimum atomic E-state index is 0.113. The molecule has 2 rings (SSSR count). The predicted molar refractivity (Wildman–Crippen MR) is 79.9 cm³/mol. The van der Waals surface area contributed by atoms with Crippen LogP contribution in [0.2, 0.25) is 0 Å². The van der Waals surface area contributed by atoms with Gasteiger partial charge < -0.3 is 10.1 Å². The van der Waals surface area contributed by atoms with Crippen LogP contribution in [0.3, 0.4) is 0 Å². The summed E-state index contributed by atoms with van der Waals surface area (Å²) < 4.78 is 5.27. The molecule has 106 valence electrons. The van der Waals surface area contributed by atoms with Crippen LogP contribution in [0.4, 0.5) is 0 Å². The third-order valence-corrected chi connectivity index (χ3v) is 3.30. The quantitative estimate of drug-likeness (QED) is 0.877. The van der Waals surface area contributed by atoms with Crippen LogP contribution in [0, 0.1) is 6.92 Å². The maximum absolute atomic E-state index is 5.27. The Kier molecular flexibility index (Phi) is 5.07. The first-order chi connectivity index (χ1) is 9.76. The number of hydrogen-bond donors (Lipinski definition) is 1. The maximum atomic E-state index is 5.27. The van der Waals surface area contributed by atoms with Gasteiger partial charge in [-0.15, -0.1) is 0 Å². The topological polar surface area (TPSA) is 47.0 Å². The zero-order valence-electron chi connectivity index (χ0n) is 12.3. The largest absolute Gasteiger partial charge is 0.497 e. The fourth-order valence-electron chi connectivity index (χ4n) is 2.25. The molecule has 0 aliphatic heterocycles. The molecule has 0 saturated carbocycles. The molecule has 1 heterocycles. The Morgan fingerprint density at radius 2 is 2.00 bits per heavy atom. The number of rotatable bonds is 6. The van der Waals surface area contributed by atoms with Crippen LogP contribution in [0.25, 0.3) is 0 Å². The van der Waals surface area contributed by atoms with Gasteiger partial charge in [-0.05, 0) is 43.1 Å². The summed E-state index contributed by atoms with van der Waals surface area (Å²) in [7, 11) is 1.69. The second-order valence-electron chi connectivity index (χ2n) is 4.78. The van der Waals surface area contributed by atoms with Crippen molar-refractivity contribution < 1.29 is 4.74 Å². The molecule has 0 saturated heterocycles. The SMILES string of the molecule is CCCNC(c1cncnc1)c1ccc(OC)cc1C. The van der Waals surface area contributed by atoms with E-state index in [1.807, 2.05) is 18.5 Å². The number of methoxy groups -OCH3 is 1. The van der Waals surface area contributed by atoms with Crippen molar-refractivity contribution in [2.24, 2.45) is 0 Å². The Bertz CT molecular complexity index is 543. The van der Waals surface area contributed by atoms with Gasteiger partial charge in [0.2, 0.25) is 0 Å². The molecule has 0 fully saturated rings. The van der Waals surface area contributed by atoms with Crippen LogP contribution in [0.5, 0.6) is 5.75 Å². The minimum absolute atomic E-state index is 0.113. The second kappa shape index (κ2) is 7.01. The summed E-state index contributed by atoms with van der Waals surface area (Å²) >= 11 is 0. The molecule has 1 atom stereocenters. The predicted octanol–water partition coefficient (Wildman–Crippen LogP) is 2.88. The molecule has 2 aromatic rings. The van der Waals surface area contributed by atoms with E-state index < -0.39 is 0 Å². The number of aromatic nitrogens is 2. The molecule has 20 heavy (non-hydrogen) atoms.